The zero-order chi connectivity index (χ0) is 10.2. The summed E-state index contributed by atoms with van der Waals surface area (Å²) in [4.78, 5) is 0. The van der Waals surface area contributed by atoms with Crippen LogP contribution in [-0.2, 0) is 0 Å². The minimum Gasteiger partial charge on any atom is -0.396 e. The van der Waals surface area contributed by atoms with Gasteiger partial charge in [-0.1, -0.05) is 13.8 Å². The van der Waals surface area contributed by atoms with Gasteiger partial charge in [0.2, 0.25) is 0 Å². The highest BCUT2D eigenvalue weighted by molar-refractivity contribution is 4.47. The van der Waals surface area contributed by atoms with Gasteiger partial charge in [-0.15, -0.1) is 0 Å². The molecule has 4 nitrogen and oxygen atoms in total. The Balaban J connectivity index is 0. The van der Waals surface area contributed by atoms with Crippen LogP contribution in [0.2, 0.25) is 0 Å². The largest absolute Gasteiger partial charge is 0.396 e. The predicted molar refractivity (Wildman–Crippen MR) is 46.5 cm³/mol. The highest BCUT2D eigenvalue weighted by Gasteiger charge is 2.08. The summed E-state index contributed by atoms with van der Waals surface area (Å²) < 4.78 is 0. The van der Waals surface area contributed by atoms with E-state index in [1.165, 1.54) is 6.92 Å². The number of rotatable bonds is 3. The van der Waals surface area contributed by atoms with E-state index in [4.69, 9.17) is 20.4 Å². The van der Waals surface area contributed by atoms with Crippen LogP contribution in [0.3, 0.4) is 0 Å². The van der Waals surface area contributed by atoms with Crippen molar-refractivity contribution in [3.8, 4) is 0 Å². The summed E-state index contributed by atoms with van der Waals surface area (Å²) in [6.45, 7) is 5.00. The van der Waals surface area contributed by atoms with Gasteiger partial charge < -0.3 is 20.4 Å². The molecule has 0 aliphatic heterocycles. The van der Waals surface area contributed by atoms with Crippen molar-refractivity contribution in [3.05, 3.63) is 0 Å². The van der Waals surface area contributed by atoms with E-state index in [9.17, 15) is 0 Å². The Hall–Kier alpha value is -0.160. The Kier molecular flexibility index (Phi) is 8.97. The zero-order valence-corrected chi connectivity index (χ0v) is 7.99. The maximum absolute atomic E-state index is 8.38. The number of aliphatic hydroxyl groups excluding tert-OH is 2. The number of aliphatic hydroxyl groups is 4. The van der Waals surface area contributed by atoms with Crippen LogP contribution in [0.25, 0.3) is 0 Å². The van der Waals surface area contributed by atoms with E-state index in [1.807, 2.05) is 0 Å². The molecule has 0 fully saturated rings. The molecule has 4 heteroatoms. The first-order valence-corrected chi connectivity index (χ1v) is 4.03. The first-order valence-electron chi connectivity index (χ1n) is 4.03. The van der Waals surface area contributed by atoms with Crippen LogP contribution in [0.5, 0.6) is 0 Å². The molecule has 0 spiro atoms. The molecule has 0 aromatic carbocycles. The van der Waals surface area contributed by atoms with Gasteiger partial charge in [-0.25, -0.2) is 0 Å². The van der Waals surface area contributed by atoms with E-state index < -0.39 is 5.79 Å². The summed E-state index contributed by atoms with van der Waals surface area (Å²) in [5.41, 5.74) is 0. The lowest BCUT2D eigenvalue weighted by Gasteiger charge is -2.10. The molecule has 0 heterocycles. The molecule has 0 saturated carbocycles. The minimum atomic E-state index is -1.46. The first kappa shape index (κ1) is 14.4. The van der Waals surface area contributed by atoms with Crippen molar-refractivity contribution in [2.75, 3.05) is 13.2 Å². The van der Waals surface area contributed by atoms with Gasteiger partial charge in [0.1, 0.15) is 0 Å². The van der Waals surface area contributed by atoms with E-state index in [0.29, 0.717) is 6.42 Å². The van der Waals surface area contributed by atoms with Crippen molar-refractivity contribution >= 4 is 0 Å². The first-order chi connectivity index (χ1) is 5.37. The maximum atomic E-state index is 8.38. The molecule has 0 aliphatic carbocycles. The third kappa shape index (κ3) is 16.4. The van der Waals surface area contributed by atoms with Gasteiger partial charge in [-0.3, -0.25) is 0 Å². The maximum Gasteiger partial charge on any atom is 0.159 e. The van der Waals surface area contributed by atoms with Crippen LogP contribution >= 0.6 is 0 Å². The van der Waals surface area contributed by atoms with E-state index in [2.05, 4.69) is 0 Å². The summed E-state index contributed by atoms with van der Waals surface area (Å²) >= 11 is 0. The van der Waals surface area contributed by atoms with Gasteiger partial charge in [-0.2, -0.15) is 0 Å². The lowest BCUT2D eigenvalue weighted by molar-refractivity contribution is -0.145. The molecule has 0 amide bonds. The molecule has 0 atom stereocenters. The highest BCUT2D eigenvalue weighted by Crippen LogP contribution is 1.99. The number of hydrogen-bond acceptors (Lipinski definition) is 4. The second kappa shape index (κ2) is 7.49. The molecule has 0 radical (unpaired) electrons. The van der Waals surface area contributed by atoms with Crippen LogP contribution in [0.4, 0.5) is 0 Å². The smallest absolute Gasteiger partial charge is 0.159 e. The van der Waals surface area contributed by atoms with E-state index >= 15 is 0 Å². The summed E-state index contributed by atoms with van der Waals surface area (Å²) in [7, 11) is 0. The molecule has 0 aromatic rings. The average Bonchev–Trinajstić information content (AvgIpc) is 2.03. The second-order valence-electron chi connectivity index (χ2n) is 3.04. The quantitative estimate of drug-likeness (QED) is 0.450. The van der Waals surface area contributed by atoms with E-state index in [-0.39, 0.29) is 19.1 Å². The fourth-order valence-corrected chi connectivity index (χ4v) is 0.0577. The standard InChI is InChI=1S/2C4H10O2/c1-4(2-5)3-6;1-3-4(2,5)6/h4-6H,2-3H2,1H3;5-6H,3H2,1-2H3. The Labute approximate surface area is 73.5 Å². The molecule has 0 unspecified atom stereocenters. The molecule has 0 bridgehead atoms. The third-order valence-corrected chi connectivity index (χ3v) is 1.29. The molecule has 76 valence electrons. The predicted octanol–water partition coefficient (Wildman–Crippen LogP) is -0.296. The molecule has 0 rings (SSSR count). The van der Waals surface area contributed by atoms with Gasteiger partial charge in [-0.05, 0) is 13.3 Å². The van der Waals surface area contributed by atoms with Gasteiger partial charge in [0, 0.05) is 19.1 Å². The molecule has 0 aliphatic rings. The number of hydrogen-bond donors (Lipinski definition) is 4. The van der Waals surface area contributed by atoms with Gasteiger partial charge in [0.15, 0.2) is 5.79 Å². The van der Waals surface area contributed by atoms with Crippen LogP contribution in [0.15, 0.2) is 0 Å². The van der Waals surface area contributed by atoms with Crippen molar-refractivity contribution in [2.24, 2.45) is 5.92 Å². The monoisotopic (exact) mass is 180 g/mol. The summed E-state index contributed by atoms with van der Waals surface area (Å²) in [5, 5.41) is 33.1. The molecular weight excluding hydrogens is 160 g/mol. The fourth-order valence-electron chi connectivity index (χ4n) is 0.0577. The average molecular weight is 180 g/mol. The molecule has 0 saturated heterocycles. The van der Waals surface area contributed by atoms with Gasteiger partial charge in [0.05, 0.1) is 0 Å². The Morgan fingerprint density at radius 3 is 1.42 bits per heavy atom. The fraction of sp³-hybridized carbons (Fsp3) is 1.00. The Morgan fingerprint density at radius 1 is 1.17 bits per heavy atom. The van der Waals surface area contributed by atoms with Crippen LogP contribution in [0, 0.1) is 5.92 Å². The van der Waals surface area contributed by atoms with Crippen molar-refractivity contribution in [1.29, 1.82) is 0 Å². The van der Waals surface area contributed by atoms with Crippen molar-refractivity contribution in [3.63, 3.8) is 0 Å². The van der Waals surface area contributed by atoms with Gasteiger partial charge in [0.25, 0.3) is 0 Å². The van der Waals surface area contributed by atoms with Crippen molar-refractivity contribution in [1.82, 2.24) is 0 Å². The molecule has 4 N–H and O–H groups in total. The normalized spacial score (nSPS) is 11.0. The lowest BCUT2D eigenvalue weighted by atomic mass is 10.2. The molecule has 12 heavy (non-hydrogen) atoms. The summed E-state index contributed by atoms with van der Waals surface area (Å²) in [5.74, 6) is -1.41. The molecule has 0 aromatic heterocycles. The minimum absolute atomic E-state index is 0.0463. The van der Waals surface area contributed by atoms with E-state index in [1.54, 1.807) is 13.8 Å². The Morgan fingerprint density at radius 2 is 1.42 bits per heavy atom. The summed E-state index contributed by atoms with van der Waals surface area (Å²) in [6.07, 6.45) is 0.382. The topological polar surface area (TPSA) is 80.9 Å². The van der Waals surface area contributed by atoms with Crippen LogP contribution in [-0.4, -0.2) is 39.4 Å². The highest BCUT2D eigenvalue weighted by atomic mass is 16.5. The van der Waals surface area contributed by atoms with Crippen LogP contribution in [0.1, 0.15) is 27.2 Å². The zero-order valence-electron chi connectivity index (χ0n) is 7.99. The third-order valence-electron chi connectivity index (χ3n) is 1.29. The lowest BCUT2D eigenvalue weighted by Crippen LogP contribution is -2.20. The Bertz CT molecular complexity index is 83.5. The van der Waals surface area contributed by atoms with Gasteiger partial charge >= 0.3 is 0 Å². The second-order valence-corrected chi connectivity index (χ2v) is 3.04. The summed E-state index contributed by atoms with van der Waals surface area (Å²) in [6, 6.07) is 0. The molecular formula is C8H20O4. The van der Waals surface area contributed by atoms with Crippen molar-refractivity contribution in [2.45, 2.75) is 33.0 Å². The van der Waals surface area contributed by atoms with Crippen LogP contribution < -0.4 is 0 Å². The SMILES string of the molecule is CC(CO)CO.CCC(C)(O)O. The van der Waals surface area contributed by atoms with E-state index in [0.717, 1.165) is 0 Å². The van der Waals surface area contributed by atoms with Crippen molar-refractivity contribution < 1.29 is 20.4 Å².